The number of benzene rings is 2. The van der Waals surface area contributed by atoms with Gasteiger partial charge in [-0.1, -0.05) is 47.5 Å². The molecular formula is C22H24Cl4N2O2S. The summed E-state index contributed by atoms with van der Waals surface area (Å²) < 4.78 is 26.6. The average Bonchev–Trinajstić information content (AvgIpc) is 2.73. The number of para-hydroxylation sites is 1. The van der Waals surface area contributed by atoms with Crippen LogP contribution in [0.4, 0.5) is 0 Å². The number of piperidine rings is 1. The van der Waals surface area contributed by atoms with Crippen LogP contribution in [0.5, 0.6) is 0 Å². The van der Waals surface area contributed by atoms with Gasteiger partial charge in [0.15, 0.2) is 9.84 Å². The Bertz CT molecular complexity index is 1130. The molecule has 1 saturated heterocycles. The molecule has 2 heterocycles. The van der Waals surface area contributed by atoms with Crippen LogP contribution in [0.2, 0.25) is 10.0 Å². The first kappa shape index (κ1) is 26.2. The Balaban J connectivity index is 0.00000171. The van der Waals surface area contributed by atoms with E-state index in [0.717, 1.165) is 37.0 Å². The summed E-state index contributed by atoms with van der Waals surface area (Å²) in [6.07, 6.45) is 3.71. The van der Waals surface area contributed by atoms with Gasteiger partial charge < -0.3 is 4.90 Å². The van der Waals surface area contributed by atoms with E-state index in [1.807, 2.05) is 30.3 Å². The van der Waals surface area contributed by atoms with Crippen LogP contribution >= 0.6 is 48.0 Å². The van der Waals surface area contributed by atoms with E-state index in [1.54, 1.807) is 24.4 Å². The fourth-order valence-electron chi connectivity index (χ4n) is 3.93. The maximum Gasteiger partial charge on any atom is 0.183 e. The second-order valence-electron chi connectivity index (χ2n) is 7.40. The average molecular weight is 522 g/mol. The van der Waals surface area contributed by atoms with Crippen molar-refractivity contribution in [1.82, 2.24) is 9.88 Å². The number of pyridine rings is 1. The van der Waals surface area contributed by atoms with E-state index < -0.39 is 9.84 Å². The number of sulfone groups is 1. The Morgan fingerprint density at radius 2 is 1.71 bits per heavy atom. The van der Waals surface area contributed by atoms with Gasteiger partial charge >= 0.3 is 0 Å². The highest BCUT2D eigenvalue weighted by Gasteiger charge is 2.32. The molecular weight excluding hydrogens is 498 g/mol. The summed E-state index contributed by atoms with van der Waals surface area (Å²) in [5.74, 6) is 0. The highest BCUT2D eigenvalue weighted by atomic mass is 35.5. The number of hydrogen-bond acceptors (Lipinski definition) is 4. The minimum atomic E-state index is -3.42. The van der Waals surface area contributed by atoms with Gasteiger partial charge in [-0.15, -0.1) is 24.8 Å². The molecule has 1 aliphatic rings. The van der Waals surface area contributed by atoms with Crippen LogP contribution in [0.15, 0.2) is 59.6 Å². The maximum absolute atomic E-state index is 13.3. The van der Waals surface area contributed by atoms with Crippen molar-refractivity contribution in [2.24, 2.45) is 0 Å². The van der Waals surface area contributed by atoms with Crippen molar-refractivity contribution in [2.45, 2.75) is 29.4 Å². The quantitative estimate of drug-likeness (QED) is 0.421. The molecule has 1 fully saturated rings. The largest absolute Gasteiger partial charge is 0.303 e. The maximum atomic E-state index is 13.3. The molecule has 0 amide bonds. The summed E-state index contributed by atoms with van der Waals surface area (Å²) in [6.45, 7) is 2.37. The number of nitrogens with zero attached hydrogens (tertiary/aromatic N) is 2. The minimum Gasteiger partial charge on any atom is -0.303 e. The van der Waals surface area contributed by atoms with Gasteiger partial charge in [0, 0.05) is 28.2 Å². The van der Waals surface area contributed by atoms with Gasteiger partial charge in [-0.3, -0.25) is 4.98 Å². The third-order valence-electron chi connectivity index (χ3n) is 5.59. The number of rotatable bonds is 5. The number of aromatic nitrogens is 1. The lowest BCUT2D eigenvalue weighted by atomic mass is 10.1. The number of halogens is 4. The molecule has 3 aromatic rings. The Labute approximate surface area is 205 Å². The molecule has 4 nitrogen and oxygen atoms in total. The van der Waals surface area contributed by atoms with Gasteiger partial charge in [0.05, 0.1) is 15.7 Å². The Morgan fingerprint density at radius 3 is 2.42 bits per heavy atom. The fraction of sp³-hybridized carbons (Fsp3) is 0.318. The molecule has 1 aliphatic heterocycles. The van der Waals surface area contributed by atoms with E-state index in [1.165, 1.54) is 0 Å². The molecule has 0 N–H and O–H groups in total. The highest BCUT2D eigenvalue weighted by Crippen LogP contribution is 2.29. The summed E-state index contributed by atoms with van der Waals surface area (Å²) >= 11 is 12.2. The van der Waals surface area contributed by atoms with Gasteiger partial charge in [-0.05, 0) is 62.2 Å². The molecule has 2 aromatic carbocycles. The van der Waals surface area contributed by atoms with Crippen molar-refractivity contribution in [1.29, 1.82) is 0 Å². The predicted molar refractivity (Wildman–Crippen MR) is 133 cm³/mol. The molecule has 1 aromatic heterocycles. The normalized spacial score (nSPS) is 15.3. The Kier molecular flexibility index (Phi) is 9.43. The van der Waals surface area contributed by atoms with Crippen molar-refractivity contribution >= 4 is 68.8 Å². The fourth-order valence-corrected chi connectivity index (χ4v) is 6.33. The smallest absolute Gasteiger partial charge is 0.183 e. The number of hydrogen-bond donors (Lipinski definition) is 0. The van der Waals surface area contributed by atoms with Crippen LogP contribution < -0.4 is 0 Å². The lowest BCUT2D eigenvalue weighted by Crippen LogP contribution is -2.40. The standard InChI is InChI=1S/C22H22Cl2N2O2S.2ClH/c23-18-7-6-16(20(24)15-18)8-12-26-13-9-19(10-14-26)29(27,28)21-5-1-3-17-4-2-11-25-22(17)21;;/h1-7,11,15,19H,8-10,12-14H2;2*1H. The van der Waals surface area contributed by atoms with Crippen LogP contribution in [0, 0.1) is 0 Å². The van der Waals surface area contributed by atoms with Gasteiger partial charge in [0.1, 0.15) is 0 Å². The van der Waals surface area contributed by atoms with E-state index in [2.05, 4.69) is 9.88 Å². The zero-order valence-electron chi connectivity index (χ0n) is 16.7. The van der Waals surface area contributed by atoms with Crippen LogP contribution in [0.3, 0.4) is 0 Å². The molecule has 0 radical (unpaired) electrons. The summed E-state index contributed by atoms with van der Waals surface area (Å²) in [6, 6.07) is 14.6. The topological polar surface area (TPSA) is 50.3 Å². The van der Waals surface area contributed by atoms with E-state index in [-0.39, 0.29) is 30.1 Å². The molecule has 31 heavy (non-hydrogen) atoms. The molecule has 0 bridgehead atoms. The van der Waals surface area contributed by atoms with E-state index >= 15 is 0 Å². The first-order valence-electron chi connectivity index (χ1n) is 9.69. The van der Waals surface area contributed by atoms with Crippen molar-refractivity contribution in [3.05, 3.63) is 70.3 Å². The zero-order chi connectivity index (χ0) is 20.4. The molecule has 0 unspecified atom stereocenters. The van der Waals surface area contributed by atoms with Gasteiger partial charge in [-0.25, -0.2) is 8.42 Å². The highest BCUT2D eigenvalue weighted by molar-refractivity contribution is 7.92. The SMILES string of the molecule is Cl.Cl.O=S(=O)(c1cccc2cccnc12)C1CCN(CCc2ccc(Cl)cc2Cl)CC1. The molecule has 4 rings (SSSR count). The zero-order valence-corrected chi connectivity index (χ0v) is 20.7. The summed E-state index contributed by atoms with van der Waals surface area (Å²) in [4.78, 5) is 6.98. The molecule has 0 atom stereocenters. The van der Waals surface area contributed by atoms with Crippen LogP contribution in [0.1, 0.15) is 18.4 Å². The molecule has 0 spiro atoms. The van der Waals surface area contributed by atoms with E-state index in [9.17, 15) is 8.42 Å². The monoisotopic (exact) mass is 520 g/mol. The van der Waals surface area contributed by atoms with Crippen molar-refractivity contribution in [3.8, 4) is 0 Å². The van der Waals surface area contributed by atoms with Crippen molar-refractivity contribution in [2.75, 3.05) is 19.6 Å². The van der Waals surface area contributed by atoms with Gasteiger partial charge in [0.25, 0.3) is 0 Å². The first-order valence-corrected chi connectivity index (χ1v) is 12.0. The third-order valence-corrected chi connectivity index (χ3v) is 8.47. The Hall–Kier alpha value is -1.08. The molecule has 0 aliphatic carbocycles. The molecule has 168 valence electrons. The van der Waals surface area contributed by atoms with Crippen LogP contribution in [-0.4, -0.2) is 43.2 Å². The summed E-state index contributed by atoms with van der Waals surface area (Å²) in [5, 5.41) is 1.79. The van der Waals surface area contributed by atoms with E-state index in [4.69, 9.17) is 23.2 Å². The van der Waals surface area contributed by atoms with Crippen LogP contribution in [-0.2, 0) is 16.3 Å². The molecule has 0 saturated carbocycles. The number of likely N-dealkylation sites (tertiary alicyclic amines) is 1. The lowest BCUT2D eigenvalue weighted by Gasteiger charge is -2.31. The first-order chi connectivity index (χ1) is 13.9. The van der Waals surface area contributed by atoms with Crippen molar-refractivity contribution < 1.29 is 8.42 Å². The predicted octanol–water partition coefficient (Wildman–Crippen LogP) is 5.87. The van der Waals surface area contributed by atoms with Crippen LogP contribution in [0.25, 0.3) is 10.9 Å². The Morgan fingerprint density at radius 1 is 1.00 bits per heavy atom. The minimum absolute atomic E-state index is 0. The summed E-state index contributed by atoms with van der Waals surface area (Å²) in [5.41, 5.74) is 1.63. The summed E-state index contributed by atoms with van der Waals surface area (Å²) in [7, 11) is -3.42. The second kappa shape index (κ2) is 11.2. The van der Waals surface area contributed by atoms with Crippen molar-refractivity contribution in [3.63, 3.8) is 0 Å². The van der Waals surface area contributed by atoms with Gasteiger partial charge in [0.2, 0.25) is 0 Å². The molecule has 9 heteroatoms. The third kappa shape index (κ3) is 5.84. The number of fused-ring (bicyclic) bond motifs is 1. The second-order valence-corrected chi connectivity index (χ2v) is 10.4. The lowest BCUT2D eigenvalue weighted by molar-refractivity contribution is 0.232. The van der Waals surface area contributed by atoms with E-state index in [0.29, 0.717) is 33.3 Å². The van der Waals surface area contributed by atoms with Gasteiger partial charge in [-0.2, -0.15) is 0 Å².